The summed E-state index contributed by atoms with van der Waals surface area (Å²) >= 11 is 0. The number of hydrogen-bond acceptors (Lipinski definition) is 14. The Balaban J connectivity index is 1.81. The standard InChI is InChI=1S/C24H29N6O12P/c1-3-38-18(32)10-9-14(22(35)39-4-2)27-43(37)42-16-8-6-5-7-15(16)40-13-24(28-29-25)20(34)19(33)21(41-24)30-12-11-17(31)26-23(30)36/h5-8,11-12,14,19-21,33-34H,3-4,9-10,13H2,1-2H3,(H,26,31,36)/t14-,19+,20-,21+,24+/m0/s1. The fraction of sp³-hybridized carbons (Fsp3) is 0.500. The van der Waals surface area contributed by atoms with Crippen molar-refractivity contribution in [1.82, 2.24) is 9.55 Å². The number of benzene rings is 1. The van der Waals surface area contributed by atoms with Crippen LogP contribution in [0.2, 0.25) is 0 Å². The van der Waals surface area contributed by atoms with Crippen molar-refractivity contribution >= 4 is 20.1 Å². The molecule has 1 aromatic carbocycles. The Bertz CT molecular complexity index is 1490. The molecule has 0 amide bonds. The van der Waals surface area contributed by atoms with Crippen LogP contribution in [-0.4, -0.2) is 75.5 Å². The first-order chi connectivity index (χ1) is 20.5. The number of rotatable bonds is 14. The summed E-state index contributed by atoms with van der Waals surface area (Å²) in [5.41, 5.74) is 5.22. The van der Waals surface area contributed by atoms with E-state index in [0.29, 0.717) is 0 Å². The zero-order valence-electron chi connectivity index (χ0n) is 23.0. The SMILES string of the molecule is CCOC(=O)CC[C@H](N=[P+]([O-])Oc1ccccc1OC[C@@]1(N=[N+]=[N-])O[C@@H](n2ccc(=O)[nH]c2=O)[C@H](O)[C@@H]1O)C(=O)OCC. The first kappa shape index (κ1) is 33.2. The number of para-hydroxylation sites is 2. The van der Waals surface area contributed by atoms with Crippen LogP contribution in [0.1, 0.15) is 32.9 Å². The predicted octanol–water partition coefficient (Wildman–Crippen LogP) is 0.382. The molecule has 6 atom stereocenters. The molecule has 3 rings (SSSR count). The second-order valence-corrected chi connectivity index (χ2v) is 9.68. The van der Waals surface area contributed by atoms with Crippen molar-refractivity contribution in [2.45, 2.75) is 56.9 Å². The lowest BCUT2D eigenvalue weighted by molar-refractivity contribution is -0.170. The minimum Gasteiger partial charge on any atom is -0.575 e. The lowest BCUT2D eigenvalue weighted by Crippen LogP contribution is -2.46. The summed E-state index contributed by atoms with van der Waals surface area (Å²) < 4.78 is 31.1. The van der Waals surface area contributed by atoms with Gasteiger partial charge in [-0.3, -0.25) is 23.7 Å². The minimum absolute atomic E-state index is 0.0197. The van der Waals surface area contributed by atoms with E-state index in [0.717, 1.165) is 16.8 Å². The summed E-state index contributed by atoms with van der Waals surface area (Å²) in [6.45, 7) is 2.62. The largest absolute Gasteiger partial charge is 0.575 e. The van der Waals surface area contributed by atoms with Gasteiger partial charge in [0.05, 0.1) is 13.2 Å². The number of ether oxygens (including phenoxy) is 4. The van der Waals surface area contributed by atoms with Crippen molar-refractivity contribution in [2.24, 2.45) is 9.86 Å². The highest BCUT2D eigenvalue weighted by atomic mass is 31.1. The van der Waals surface area contributed by atoms with E-state index in [4.69, 9.17) is 29.0 Å². The van der Waals surface area contributed by atoms with Gasteiger partial charge in [0.15, 0.2) is 18.0 Å². The highest BCUT2D eigenvalue weighted by Gasteiger charge is 2.56. The van der Waals surface area contributed by atoms with Crippen LogP contribution in [0.5, 0.6) is 11.5 Å². The van der Waals surface area contributed by atoms with Gasteiger partial charge in [0.2, 0.25) is 11.5 Å². The molecule has 3 N–H and O–H groups in total. The number of nitrogens with one attached hydrogen (secondary N) is 1. The average Bonchev–Trinajstić information content (AvgIpc) is 3.20. The number of carbonyl (C=O) groups is 2. The van der Waals surface area contributed by atoms with Gasteiger partial charge in [0, 0.05) is 23.6 Å². The summed E-state index contributed by atoms with van der Waals surface area (Å²) in [6, 6.07) is 5.41. The van der Waals surface area contributed by atoms with Crippen molar-refractivity contribution in [3.63, 3.8) is 0 Å². The monoisotopic (exact) mass is 624 g/mol. The van der Waals surface area contributed by atoms with Crippen LogP contribution in [0.4, 0.5) is 0 Å². The Morgan fingerprint density at radius 3 is 2.56 bits per heavy atom. The second kappa shape index (κ2) is 15.2. The molecule has 1 aliphatic rings. The lowest BCUT2D eigenvalue weighted by atomic mass is 10.1. The molecule has 18 nitrogen and oxygen atoms in total. The van der Waals surface area contributed by atoms with E-state index in [-0.39, 0.29) is 37.6 Å². The van der Waals surface area contributed by atoms with E-state index in [1.807, 2.05) is 4.98 Å². The van der Waals surface area contributed by atoms with E-state index >= 15 is 0 Å². The average molecular weight is 625 g/mol. The molecular formula is C24H29N6O12P. The van der Waals surface area contributed by atoms with Crippen LogP contribution in [0, 0.1) is 0 Å². The highest BCUT2D eigenvalue weighted by Crippen LogP contribution is 2.40. The zero-order valence-corrected chi connectivity index (χ0v) is 23.9. The maximum absolute atomic E-state index is 12.8. The van der Waals surface area contributed by atoms with E-state index in [1.165, 1.54) is 24.3 Å². The zero-order chi connectivity index (χ0) is 31.6. The van der Waals surface area contributed by atoms with Gasteiger partial charge < -0.3 is 34.1 Å². The molecule has 19 heteroatoms. The van der Waals surface area contributed by atoms with Crippen molar-refractivity contribution in [2.75, 3.05) is 19.8 Å². The maximum atomic E-state index is 12.8. The van der Waals surface area contributed by atoms with Gasteiger partial charge in [0.1, 0.15) is 18.8 Å². The molecule has 0 spiro atoms. The summed E-state index contributed by atoms with van der Waals surface area (Å²) in [5.74, 6) is -1.63. The Hall–Kier alpha value is -4.31. The van der Waals surface area contributed by atoms with Crippen LogP contribution < -0.4 is 25.4 Å². The maximum Gasteiger partial charge on any atom is 0.395 e. The van der Waals surface area contributed by atoms with Crippen LogP contribution in [-0.2, 0) is 23.8 Å². The molecule has 1 fully saturated rings. The van der Waals surface area contributed by atoms with Crippen molar-refractivity contribution in [3.05, 3.63) is 67.8 Å². The number of aromatic nitrogens is 2. The highest BCUT2D eigenvalue weighted by molar-refractivity contribution is 7.34. The number of azide groups is 1. The van der Waals surface area contributed by atoms with E-state index < -0.39 is 68.2 Å². The van der Waals surface area contributed by atoms with Gasteiger partial charge in [-0.1, -0.05) is 22.0 Å². The number of nitrogens with zero attached hydrogens (tertiary/aromatic N) is 5. The molecular weight excluding hydrogens is 595 g/mol. The van der Waals surface area contributed by atoms with Crippen molar-refractivity contribution in [3.8, 4) is 11.5 Å². The third-order valence-corrected chi connectivity index (χ3v) is 6.74. The number of hydrogen-bond donors (Lipinski definition) is 3. The molecule has 232 valence electrons. The Labute approximate surface area is 244 Å². The molecule has 1 aromatic heterocycles. The quantitative estimate of drug-likeness (QED) is 0.0847. The number of aliphatic hydroxyl groups is 2. The number of carbonyl (C=O) groups excluding carboxylic acids is 2. The lowest BCUT2D eigenvalue weighted by Gasteiger charge is -2.26. The van der Waals surface area contributed by atoms with Gasteiger partial charge in [-0.05, 0) is 37.9 Å². The minimum atomic E-state index is -2.92. The fourth-order valence-electron chi connectivity index (χ4n) is 3.92. The van der Waals surface area contributed by atoms with Gasteiger partial charge in [-0.15, -0.1) is 0 Å². The Morgan fingerprint density at radius 2 is 1.91 bits per heavy atom. The fourth-order valence-corrected chi connectivity index (χ4v) is 4.73. The molecule has 2 heterocycles. The molecule has 43 heavy (non-hydrogen) atoms. The predicted molar refractivity (Wildman–Crippen MR) is 144 cm³/mol. The molecule has 1 unspecified atom stereocenters. The van der Waals surface area contributed by atoms with Gasteiger partial charge in [-0.25, -0.2) is 9.59 Å². The summed E-state index contributed by atoms with van der Waals surface area (Å²) in [7, 11) is -2.92. The topological polar surface area (TPSA) is 260 Å². The first-order valence-electron chi connectivity index (χ1n) is 12.9. The smallest absolute Gasteiger partial charge is 0.395 e. The van der Waals surface area contributed by atoms with Gasteiger partial charge in [-0.2, -0.15) is 0 Å². The number of esters is 2. The van der Waals surface area contributed by atoms with Crippen LogP contribution in [0.3, 0.4) is 0 Å². The molecule has 2 aromatic rings. The van der Waals surface area contributed by atoms with E-state index in [2.05, 4.69) is 14.8 Å². The normalized spacial score (nSPS) is 22.3. The third-order valence-electron chi connectivity index (χ3n) is 5.92. The van der Waals surface area contributed by atoms with E-state index in [1.54, 1.807) is 13.8 Å². The Morgan fingerprint density at radius 1 is 1.21 bits per heavy atom. The van der Waals surface area contributed by atoms with Gasteiger partial charge in [0.25, 0.3) is 5.56 Å². The number of aliphatic hydroxyl groups excluding tert-OH is 2. The van der Waals surface area contributed by atoms with Crippen molar-refractivity contribution < 1.29 is 48.2 Å². The summed E-state index contributed by atoms with van der Waals surface area (Å²) in [6.07, 6.45) is -4.60. The summed E-state index contributed by atoms with van der Waals surface area (Å²) in [4.78, 5) is 65.1. The number of H-pyrrole nitrogens is 1. The van der Waals surface area contributed by atoms with E-state index in [9.17, 15) is 34.3 Å². The van der Waals surface area contributed by atoms with Crippen LogP contribution in [0.25, 0.3) is 10.4 Å². The van der Waals surface area contributed by atoms with Crippen molar-refractivity contribution in [1.29, 1.82) is 0 Å². The second-order valence-electron chi connectivity index (χ2n) is 8.79. The number of aromatic amines is 1. The molecule has 0 bridgehead atoms. The first-order valence-corrected chi connectivity index (χ1v) is 14.0. The molecule has 0 radical (unpaired) electrons. The molecule has 0 aliphatic carbocycles. The Kier molecular flexibility index (Phi) is 11.8. The molecule has 0 saturated carbocycles. The van der Waals surface area contributed by atoms with Gasteiger partial charge >= 0.3 is 25.8 Å². The summed E-state index contributed by atoms with van der Waals surface area (Å²) in [5, 5.41) is 24.8. The van der Waals surface area contributed by atoms with Crippen LogP contribution in [0.15, 0.2) is 56.0 Å². The third kappa shape index (κ3) is 8.38. The molecule has 1 aliphatic heterocycles. The van der Waals surface area contributed by atoms with Crippen LogP contribution >= 0.6 is 8.17 Å². The molecule has 1 saturated heterocycles.